The molecule has 8 heteroatoms. The first kappa shape index (κ1) is 17.9. The highest BCUT2D eigenvalue weighted by Gasteiger charge is 2.17. The molecule has 2 aromatic carbocycles. The number of rotatable bonds is 4. The Morgan fingerprint density at radius 2 is 1.81 bits per heavy atom. The highest BCUT2D eigenvalue weighted by Crippen LogP contribution is 2.32. The number of amides is 1. The molecular weight excluding hydrogens is 382 g/mol. The molecular formula is C19H19N3O3S2. The van der Waals surface area contributed by atoms with E-state index in [2.05, 4.69) is 15.2 Å². The predicted molar refractivity (Wildman–Crippen MR) is 109 cm³/mol. The van der Waals surface area contributed by atoms with Gasteiger partial charge in [0.15, 0.2) is 15.0 Å². The number of nitrogens with one attached hydrogen (secondary N) is 1. The first-order valence-corrected chi connectivity index (χ1v) is 11.4. The predicted octanol–water partition coefficient (Wildman–Crippen LogP) is 3.55. The Hall–Kier alpha value is -2.45. The number of nitrogens with zero attached hydrogens (tertiary/aromatic N) is 2. The summed E-state index contributed by atoms with van der Waals surface area (Å²) in [5.74, 6) is -0.279. The van der Waals surface area contributed by atoms with Crippen LogP contribution in [0.2, 0.25) is 0 Å². The van der Waals surface area contributed by atoms with Crippen molar-refractivity contribution in [3.63, 3.8) is 0 Å². The SMILES string of the molecule is CS(=O)(=O)c1ccc(C(=O)Nc2ccc3nc(N4CCCC4)sc3c2)cc1. The maximum Gasteiger partial charge on any atom is 0.255 e. The molecule has 1 saturated heterocycles. The van der Waals surface area contributed by atoms with Crippen molar-refractivity contribution in [1.82, 2.24) is 4.98 Å². The van der Waals surface area contributed by atoms with Gasteiger partial charge in [0, 0.05) is 30.6 Å². The molecule has 140 valence electrons. The minimum absolute atomic E-state index is 0.194. The van der Waals surface area contributed by atoms with E-state index in [0.29, 0.717) is 11.3 Å². The van der Waals surface area contributed by atoms with Gasteiger partial charge >= 0.3 is 0 Å². The Morgan fingerprint density at radius 1 is 1.11 bits per heavy atom. The van der Waals surface area contributed by atoms with Gasteiger partial charge < -0.3 is 10.2 Å². The lowest BCUT2D eigenvalue weighted by atomic mass is 10.2. The highest BCUT2D eigenvalue weighted by atomic mass is 32.2. The van der Waals surface area contributed by atoms with E-state index >= 15 is 0 Å². The Balaban J connectivity index is 1.53. The van der Waals surface area contributed by atoms with Crippen molar-refractivity contribution < 1.29 is 13.2 Å². The summed E-state index contributed by atoms with van der Waals surface area (Å²) in [7, 11) is -3.27. The molecule has 0 radical (unpaired) electrons. The van der Waals surface area contributed by atoms with Crippen molar-refractivity contribution in [3.8, 4) is 0 Å². The fraction of sp³-hybridized carbons (Fsp3) is 0.263. The summed E-state index contributed by atoms with van der Waals surface area (Å²) in [6, 6.07) is 11.6. The van der Waals surface area contributed by atoms with Gasteiger partial charge in [0.1, 0.15) is 0 Å². The summed E-state index contributed by atoms with van der Waals surface area (Å²) >= 11 is 1.63. The fourth-order valence-corrected chi connectivity index (χ4v) is 4.78. The van der Waals surface area contributed by atoms with Gasteiger partial charge in [0.2, 0.25) is 0 Å². The molecule has 3 aromatic rings. The Kier molecular flexibility index (Phi) is 4.61. The van der Waals surface area contributed by atoms with Crippen molar-refractivity contribution in [2.45, 2.75) is 17.7 Å². The number of carbonyl (C=O) groups is 1. The molecule has 1 N–H and O–H groups in total. The maximum atomic E-state index is 12.4. The Morgan fingerprint density at radius 3 is 2.48 bits per heavy atom. The van der Waals surface area contributed by atoms with E-state index in [1.807, 2.05) is 18.2 Å². The van der Waals surface area contributed by atoms with Crippen LogP contribution in [0.5, 0.6) is 0 Å². The molecule has 1 fully saturated rings. The number of anilines is 2. The summed E-state index contributed by atoms with van der Waals surface area (Å²) in [4.78, 5) is 19.6. The van der Waals surface area contributed by atoms with Gasteiger partial charge in [-0.25, -0.2) is 13.4 Å². The first-order valence-electron chi connectivity index (χ1n) is 8.67. The molecule has 0 saturated carbocycles. The zero-order valence-corrected chi connectivity index (χ0v) is 16.4. The lowest BCUT2D eigenvalue weighted by Gasteiger charge is -2.11. The molecule has 2 heterocycles. The molecule has 4 rings (SSSR count). The van der Waals surface area contributed by atoms with Crippen LogP contribution in [-0.2, 0) is 9.84 Å². The van der Waals surface area contributed by atoms with E-state index in [1.54, 1.807) is 11.3 Å². The fourth-order valence-electron chi connectivity index (χ4n) is 3.09. The number of benzene rings is 2. The molecule has 0 unspecified atom stereocenters. The molecule has 1 aliphatic heterocycles. The standard InChI is InChI=1S/C19H19N3O3S2/c1-27(24,25)15-7-4-13(5-8-15)18(23)20-14-6-9-16-17(12-14)26-19(21-16)22-10-2-3-11-22/h4-9,12H,2-3,10-11H2,1H3,(H,20,23). The minimum Gasteiger partial charge on any atom is -0.348 e. The van der Waals surface area contributed by atoms with E-state index in [-0.39, 0.29) is 10.8 Å². The van der Waals surface area contributed by atoms with Crippen LogP contribution in [-0.4, -0.2) is 38.7 Å². The summed E-state index contributed by atoms with van der Waals surface area (Å²) in [6.07, 6.45) is 3.55. The third-order valence-corrected chi connectivity index (χ3v) is 6.76. The van der Waals surface area contributed by atoms with Crippen LogP contribution < -0.4 is 10.2 Å². The van der Waals surface area contributed by atoms with Crippen LogP contribution in [0.1, 0.15) is 23.2 Å². The molecule has 27 heavy (non-hydrogen) atoms. The van der Waals surface area contributed by atoms with E-state index in [9.17, 15) is 13.2 Å². The van der Waals surface area contributed by atoms with E-state index in [1.165, 1.54) is 37.1 Å². The number of hydrogen-bond acceptors (Lipinski definition) is 6. The second-order valence-corrected chi connectivity index (χ2v) is 9.65. The summed E-state index contributed by atoms with van der Waals surface area (Å²) in [5, 5.41) is 3.89. The van der Waals surface area contributed by atoms with Crippen molar-refractivity contribution in [1.29, 1.82) is 0 Å². The smallest absolute Gasteiger partial charge is 0.255 e. The van der Waals surface area contributed by atoms with Crippen LogP contribution >= 0.6 is 11.3 Å². The Bertz CT molecular complexity index is 1100. The zero-order chi connectivity index (χ0) is 19.0. The second-order valence-electron chi connectivity index (χ2n) is 6.62. The molecule has 0 spiro atoms. The van der Waals surface area contributed by atoms with Crippen molar-refractivity contribution >= 4 is 48.1 Å². The lowest BCUT2D eigenvalue weighted by molar-refractivity contribution is 0.102. The van der Waals surface area contributed by atoms with E-state index < -0.39 is 9.84 Å². The van der Waals surface area contributed by atoms with Gasteiger partial charge in [-0.3, -0.25) is 4.79 Å². The zero-order valence-electron chi connectivity index (χ0n) is 14.8. The number of carbonyl (C=O) groups excluding carboxylic acids is 1. The number of fused-ring (bicyclic) bond motifs is 1. The van der Waals surface area contributed by atoms with Crippen LogP contribution in [0.15, 0.2) is 47.4 Å². The quantitative estimate of drug-likeness (QED) is 0.723. The normalized spacial score (nSPS) is 14.6. The van der Waals surface area contributed by atoms with Gasteiger partial charge in [-0.1, -0.05) is 11.3 Å². The molecule has 0 aliphatic carbocycles. The lowest BCUT2D eigenvalue weighted by Crippen LogP contribution is -2.16. The van der Waals surface area contributed by atoms with E-state index in [4.69, 9.17) is 0 Å². The summed E-state index contributed by atoms with van der Waals surface area (Å²) in [6.45, 7) is 2.10. The monoisotopic (exact) mass is 401 g/mol. The first-order chi connectivity index (χ1) is 12.9. The van der Waals surface area contributed by atoms with Crippen molar-refractivity contribution in [2.75, 3.05) is 29.6 Å². The number of sulfone groups is 1. The van der Waals surface area contributed by atoms with Crippen LogP contribution in [0.3, 0.4) is 0 Å². The Labute approximate surface area is 161 Å². The topological polar surface area (TPSA) is 79.4 Å². The molecule has 1 amide bonds. The molecule has 1 aliphatic rings. The van der Waals surface area contributed by atoms with Crippen molar-refractivity contribution in [2.24, 2.45) is 0 Å². The summed E-state index contributed by atoms with van der Waals surface area (Å²) in [5.41, 5.74) is 2.03. The van der Waals surface area contributed by atoms with Crippen LogP contribution in [0, 0.1) is 0 Å². The van der Waals surface area contributed by atoms with Gasteiger partial charge in [-0.15, -0.1) is 0 Å². The molecule has 0 bridgehead atoms. The third kappa shape index (κ3) is 3.81. The number of thiazole rings is 1. The van der Waals surface area contributed by atoms with Gasteiger partial charge in [0.05, 0.1) is 15.1 Å². The molecule has 0 atom stereocenters. The largest absolute Gasteiger partial charge is 0.348 e. The van der Waals surface area contributed by atoms with Crippen LogP contribution in [0.25, 0.3) is 10.2 Å². The third-order valence-electron chi connectivity index (χ3n) is 4.56. The number of hydrogen-bond donors (Lipinski definition) is 1. The maximum absolute atomic E-state index is 12.4. The second kappa shape index (κ2) is 6.94. The van der Waals surface area contributed by atoms with E-state index in [0.717, 1.165) is 34.7 Å². The average molecular weight is 402 g/mol. The average Bonchev–Trinajstić information content (AvgIpc) is 3.30. The van der Waals surface area contributed by atoms with Gasteiger partial charge in [-0.2, -0.15) is 0 Å². The van der Waals surface area contributed by atoms with Crippen molar-refractivity contribution in [3.05, 3.63) is 48.0 Å². The number of aromatic nitrogens is 1. The molecule has 6 nitrogen and oxygen atoms in total. The molecule has 1 aromatic heterocycles. The minimum atomic E-state index is -3.27. The van der Waals surface area contributed by atoms with Gasteiger partial charge in [0.25, 0.3) is 5.91 Å². The summed E-state index contributed by atoms with van der Waals surface area (Å²) < 4.78 is 24.1. The highest BCUT2D eigenvalue weighted by molar-refractivity contribution is 7.90. The van der Waals surface area contributed by atoms with Crippen LogP contribution in [0.4, 0.5) is 10.8 Å². The van der Waals surface area contributed by atoms with Gasteiger partial charge in [-0.05, 0) is 55.3 Å².